The van der Waals surface area contributed by atoms with Gasteiger partial charge in [-0.05, 0) is 38.0 Å². The fourth-order valence-electron chi connectivity index (χ4n) is 1.69. The molecule has 1 aromatic heterocycles. The number of nitrogens with one attached hydrogen (secondary N) is 1. The molecule has 0 saturated carbocycles. The van der Waals surface area contributed by atoms with E-state index in [2.05, 4.69) is 55.2 Å². The van der Waals surface area contributed by atoms with Crippen LogP contribution in [0, 0.1) is 13.8 Å². The second kappa shape index (κ2) is 3.89. The van der Waals surface area contributed by atoms with Crippen LogP contribution in [0.1, 0.15) is 23.7 Å². The zero-order chi connectivity index (χ0) is 10.8. The number of aromatic amines is 1. The highest BCUT2D eigenvalue weighted by molar-refractivity contribution is 5.64. The molecule has 0 aliphatic heterocycles. The average molecular weight is 200 g/mol. The van der Waals surface area contributed by atoms with Crippen LogP contribution in [0.4, 0.5) is 0 Å². The summed E-state index contributed by atoms with van der Waals surface area (Å²) in [6, 6.07) is 8.59. The van der Waals surface area contributed by atoms with Crippen LogP contribution in [0.3, 0.4) is 0 Å². The molecule has 0 aliphatic rings. The predicted octanol–water partition coefficient (Wildman–Crippen LogP) is 3.26. The zero-order valence-corrected chi connectivity index (χ0v) is 9.46. The predicted molar refractivity (Wildman–Crippen MR) is 62.9 cm³/mol. The van der Waals surface area contributed by atoms with Gasteiger partial charge in [-0.1, -0.05) is 24.6 Å². The van der Waals surface area contributed by atoms with Crippen LogP contribution in [0.15, 0.2) is 24.3 Å². The number of H-pyrrole nitrogens is 1. The molecule has 0 amide bonds. The molecular formula is C13H16N2. The minimum Gasteiger partial charge on any atom is -0.282 e. The van der Waals surface area contributed by atoms with Crippen molar-refractivity contribution in [3.8, 4) is 11.3 Å². The molecule has 78 valence electrons. The summed E-state index contributed by atoms with van der Waals surface area (Å²) in [6.07, 6.45) is 0.998. The first-order chi connectivity index (χ1) is 7.20. The lowest BCUT2D eigenvalue weighted by atomic mass is 10.0. The summed E-state index contributed by atoms with van der Waals surface area (Å²) in [5, 5.41) is 7.38. The van der Waals surface area contributed by atoms with Gasteiger partial charge >= 0.3 is 0 Å². The Morgan fingerprint density at radius 2 is 2.00 bits per heavy atom. The number of rotatable bonds is 2. The van der Waals surface area contributed by atoms with Crippen molar-refractivity contribution in [1.29, 1.82) is 0 Å². The highest BCUT2D eigenvalue weighted by Crippen LogP contribution is 2.23. The summed E-state index contributed by atoms with van der Waals surface area (Å²) in [7, 11) is 0. The summed E-state index contributed by atoms with van der Waals surface area (Å²) in [4.78, 5) is 0. The lowest BCUT2D eigenvalue weighted by Crippen LogP contribution is -1.84. The second-order valence-corrected chi connectivity index (χ2v) is 3.95. The van der Waals surface area contributed by atoms with Crippen LogP contribution >= 0.6 is 0 Å². The number of aryl methyl sites for hydroxylation is 3. The molecule has 1 aromatic carbocycles. The van der Waals surface area contributed by atoms with Gasteiger partial charge in [-0.2, -0.15) is 5.10 Å². The Morgan fingerprint density at radius 3 is 2.67 bits per heavy atom. The van der Waals surface area contributed by atoms with Crippen LogP contribution in [0.25, 0.3) is 11.3 Å². The van der Waals surface area contributed by atoms with E-state index in [1.54, 1.807) is 0 Å². The number of hydrogen-bond acceptors (Lipinski definition) is 1. The van der Waals surface area contributed by atoms with Crippen molar-refractivity contribution in [2.24, 2.45) is 0 Å². The molecule has 1 N–H and O–H groups in total. The Bertz CT molecular complexity index is 469. The molecule has 0 aliphatic carbocycles. The maximum absolute atomic E-state index is 4.33. The van der Waals surface area contributed by atoms with Gasteiger partial charge in [-0.15, -0.1) is 0 Å². The molecule has 0 fully saturated rings. The molecule has 15 heavy (non-hydrogen) atoms. The molecule has 0 bridgehead atoms. The van der Waals surface area contributed by atoms with E-state index >= 15 is 0 Å². The lowest BCUT2D eigenvalue weighted by molar-refractivity contribution is 0.976. The van der Waals surface area contributed by atoms with Gasteiger partial charge in [0.1, 0.15) is 0 Å². The summed E-state index contributed by atoms with van der Waals surface area (Å²) in [6.45, 7) is 6.35. The molecule has 0 unspecified atom stereocenters. The van der Waals surface area contributed by atoms with E-state index in [1.165, 1.54) is 22.4 Å². The average Bonchev–Trinajstić information content (AvgIpc) is 2.70. The van der Waals surface area contributed by atoms with E-state index in [0.717, 1.165) is 12.1 Å². The smallest absolute Gasteiger partial charge is 0.0926 e. The normalized spacial score (nSPS) is 10.6. The molecule has 1 heterocycles. The quantitative estimate of drug-likeness (QED) is 0.792. The van der Waals surface area contributed by atoms with Gasteiger partial charge in [0.2, 0.25) is 0 Å². The topological polar surface area (TPSA) is 28.7 Å². The molecule has 2 aromatic rings. The number of benzene rings is 1. The SMILES string of the molecule is CCc1cc(-c2cc(C)ccc2C)n[nH]1. The van der Waals surface area contributed by atoms with Crippen molar-refractivity contribution >= 4 is 0 Å². The lowest BCUT2D eigenvalue weighted by Gasteiger charge is -2.03. The van der Waals surface area contributed by atoms with Gasteiger partial charge in [0, 0.05) is 11.3 Å². The summed E-state index contributed by atoms with van der Waals surface area (Å²) < 4.78 is 0. The third-order valence-electron chi connectivity index (χ3n) is 2.68. The van der Waals surface area contributed by atoms with E-state index in [-0.39, 0.29) is 0 Å². The fraction of sp³-hybridized carbons (Fsp3) is 0.308. The first-order valence-corrected chi connectivity index (χ1v) is 5.32. The van der Waals surface area contributed by atoms with Gasteiger partial charge in [0.15, 0.2) is 0 Å². The van der Waals surface area contributed by atoms with E-state index in [0.29, 0.717) is 0 Å². The Labute approximate surface area is 90.3 Å². The molecule has 0 spiro atoms. The van der Waals surface area contributed by atoms with Gasteiger partial charge in [-0.3, -0.25) is 5.10 Å². The molecular weight excluding hydrogens is 184 g/mol. The van der Waals surface area contributed by atoms with E-state index in [1.807, 2.05) is 0 Å². The molecule has 0 atom stereocenters. The van der Waals surface area contributed by atoms with Gasteiger partial charge < -0.3 is 0 Å². The minimum atomic E-state index is 0.998. The summed E-state index contributed by atoms with van der Waals surface area (Å²) >= 11 is 0. The van der Waals surface area contributed by atoms with Crippen LogP contribution in [0.5, 0.6) is 0 Å². The van der Waals surface area contributed by atoms with Crippen molar-refractivity contribution < 1.29 is 0 Å². The summed E-state index contributed by atoms with van der Waals surface area (Å²) in [5.74, 6) is 0. The Balaban J connectivity index is 2.48. The van der Waals surface area contributed by atoms with Crippen molar-refractivity contribution in [2.45, 2.75) is 27.2 Å². The maximum atomic E-state index is 4.33. The highest BCUT2D eigenvalue weighted by atomic mass is 15.1. The molecule has 0 radical (unpaired) electrons. The van der Waals surface area contributed by atoms with Crippen molar-refractivity contribution in [3.63, 3.8) is 0 Å². The fourth-order valence-corrected chi connectivity index (χ4v) is 1.69. The van der Waals surface area contributed by atoms with Crippen molar-refractivity contribution in [3.05, 3.63) is 41.1 Å². The first kappa shape index (κ1) is 9.97. The Morgan fingerprint density at radius 1 is 1.20 bits per heavy atom. The first-order valence-electron chi connectivity index (χ1n) is 5.32. The van der Waals surface area contributed by atoms with Gasteiger partial charge in [-0.25, -0.2) is 0 Å². The minimum absolute atomic E-state index is 0.998. The Hall–Kier alpha value is -1.57. The second-order valence-electron chi connectivity index (χ2n) is 3.95. The number of hydrogen-bond donors (Lipinski definition) is 1. The number of aromatic nitrogens is 2. The van der Waals surface area contributed by atoms with Gasteiger partial charge in [0.05, 0.1) is 5.69 Å². The largest absolute Gasteiger partial charge is 0.282 e. The van der Waals surface area contributed by atoms with Crippen molar-refractivity contribution in [2.75, 3.05) is 0 Å². The molecule has 2 rings (SSSR count). The van der Waals surface area contributed by atoms with Crippen LogP contribution in [-0.2, 0) is 6.42 Å². The van der Waals surface area contributed by atoms with Crippen LogP contribution < -0.4 is 0 Å². The third kappa shape index (κ3) is 1.94. The maximum Gasteiger partial charge on any atom is 0.0926 e. The molecule has 2 heteroatoms. The molecule has 2 nitrogen and oxygen atoms in total. The van der Waals surface area contributed by atoms with E-state index in [4.69, 9.17) is 0 Å². The Kier molecular flexibility index (Phi) is 2.58. The van der Waals surface area contributed by atoms with Crippen LogP contribution in [-0.4, -0.2) is 10.2 Å². The standard InChI is InChI=1S/C13H16N2/c1-4-11-8-13(15-14-11)12-7-9(2)5-6-10(12)3/h5-8H,4H2,1-3H3,(H,14,15). The van der Waals surface area contributed by atoms with E-state index < -0.39 is 0 Å². The third-order valence-corrected chi connectivity index (χ3v) is 2.68. The summed E-state index contributed by atoms with van der Waals surface area (Å²) in [5.41, 5.74) is 6.01. The van der Waals surface area contributed by atoms with Crippen LogP contribution in [0.2, 0.25) is 0 Å². The zero-order valence-electron chi connectivity index (χ0n) is 9.46. The number of nitrogens with zero attached hydrogens (tertiary/aromatic N) is 1. The van der Waals surface area contributed by atoms with Crippen molar-refractivity contribution in [1.82, 2.24) is 10.2 Å². The highest BCUT2D eigenvalue weighted by Gasteiger charge is 2.05. The van der Waals surface area contributed by atoms with Gasteiger partial charge in [0.25, 0.3) is 0 Å². The monoisotopic (exact) mass is 200 g/mol. The van der Waals surface area contributed by atoms with E-state index in [9.17, 15) is 0 Å². The molecule has 0 saturated heterocycles.